The van der Waals surface area contributed by atoms with E-state index in [0.29, 0.717) is 17.0 Å². The van der Waals surface area contributed by atoms with Gasteiger partial charge in [-0.25, -0.2) is 13.1 Å². The molecule has 0 spiro atoms. The zero-order valence-electron chi connectivity index (χ0n) is 16.5. The first kappa shape index (κ1) is 20.1. The highest BCUT2D eigenvalue weighted by molar-refractivity contribution is 7.89. The van der Waals surface area contributed by atoms with Gasteiger partial charge in [0, 0.05) is 11.6 Å². The van der Waals surface area contributed by atoms with Gasteiger partial charge in [0.1, 0.15) is 5.75 Å². The Bertz CT molecular complexity index is 1170. The largest absolute Gasteiger partial charge is 0.495 e. The smallest absolute Gasteiger partial charge is 0.256 e. The van der Waals surface area contributed by atoms with Gasteiger partial charge in [-0.1, -0.05) is 48.5 Å². The summed E-state index contributed by atoms with van der Waals surface area (Å²) in [5.74, 6) is 0.0309. The van der Waals surface area contributed by atoms with Crippen molar-refractivity contribution in [3.05, 3.63) is 78.4 Å². The van der Waals surface area contributed by atoms with Crippen molar-refractivity contribution in [2.24, 2.45) is 0 Å². The summed E-state index contributed by atoms with van der Waals surface area (Å²) in [5, 5.41) is 2.81. The van der Waals surface area contributed by atoms with Gasteiger partial charge in [-0.05, 0) is 48.2 Å². The number of nitrogens with one attached hydrogen (secondary N) is 2. The summed E-state index contributed by atoms with van der Waals surface area (Å²) in [5.41, 5.74) is 2.48. The molecular weight excluding hydrogens is 400 g/mol. The summed E-state index contributed by atoms with van der Waals surface area (Å²) in [6, 6.07) is 21.3. The van der Waals surface area contributed by atoms with E-state index in [9.17, 15) is 13.2 Å². The molecule has 0 radical (unpaired) electrons. The molecule has 2 N–H and O–H groups in total. The molecule has 1 aliphatic carbocycles. The number of sulfonamides is 1. The van der Waals surface area contributed by atoms with Gasteiger partial charge >= 0.3 is 0 Å². The molecule has 154 valence electrons. The SMILES string of the molecule is COc1ccc(S(=O)(=O)NC2CC2)cc1NC(=O)c1ccccc1-c1ccccc1. The van der Waals surface area contributed by atoms with Gasteiger partial charge in [-0.2, -0.15) is 0 Å². The molecule has 1 amide bonds. The van der Waals surface area contributed by atoms with Crippen LogP contribution in [0.2, 0.25) is 0 Å². The monoisotopic (exact) mass is 422 g/mol. The van der Waals surface area contributed by atoms with E-state index in [1.54, 1.807) is 18.2 Å². The van der Waals surface area contributed by atoms with Crippen LogP contribution in [-0.4, -0.2) is 27.5 Å². The minimum Gasteiger partial charge on any atom is -0.495 e. The number of methoxy groups -OCH3 is 1. The molecule has 0 heterocycles. The molecule has 30 heavy (non-hydrogen) atoms. The van der Waals surface area contributed by atoms with Crippen molar-refractivity contribution in [3.63, 3.8) is 0 Å². The molecule has 0 bridgehead atoms. The molecule has 0 atom stereocenters. The maximum absolute atomic E-state index is 13.1. The van der Waals surface area contributed by atoms with Gasteiger partial charge in [0.05, 0.1) is 17.7 Å². The predicted molar refractivity (Wildman–Crippen MR) is 116 cm³/mol. The lowest BCUT2D eigenvalue weighted by Crippen LogP contribution is -2.26. The first-order chi connectivity index (χ1) is 14.5. The Balaban J connectivity index is 1.66. The number of rotatable bonds is 7. The molecule has 0 aliphatic heterocycles. The maximum Gasteiger partial charge on any atom is 0.256 e. The minimum absolute atomic E-state index is 0.00658. The second kappa shape index (κ2) is 8.30. The number of benzene rings is 3. The lowest BCUT2D eigenvalue weighted by molar-refractivity contribution is 0.102. The number of anilines is 1. The number of carbonyl (C=O) groups is 1. The summed E-state index contributed by atoms with van der Waals surface area (Å²) in [7, 11) is -2.18. The first-order valence-electron chi connectivity index (χ1n) is 9.64. The second-order valence-electron chi connectivity index (χ2n) is 7.12. The van der Waals surface area contributed by atoms with Gasteiger partial charge in [-0.3, -0.25) is 4.79 Å². The minimum atomic E-state index is -3.65. The normalized spacial score (nSPS) is 13.6. The summed E-state index contributed by atoms with van der Waals surface area (Å²) >= 11 is 0. The van der Waals surface area contributed by atoms with Gasteiger partial charge in [0.2, 0.25) is 10.0 Å². The average Bonchev–Trinajstić information content (AvgIpc) is 3.57. The van der Waals surface area contributed by atoms with Gasteiger partial charge in [-0.15, -0.1) is 0 Å². The van der Waals surface area contributed by atoms with Gasteiger partial charge < -0.3 is 10.1 Å². The number of hydrogen-bond donors (Lipinski definition) is 2. The second-order valence-corrected chi connectivity index (χ2v) is 8.84. The molecule has 0 saturated heterocycles. The van der Waals surface area contributed by atoms with E-state index in [1.165, 1.54) is 19.2 Å². The first-order valence-corrected chi connectivity index (χ1v) is 11.1. The molecule has 1 aliphatic rings. The molecular formula is C23H22N2O4S. The van der Waals surface area contributed by atoms with Crippen LogP contribution in [0.5, 0.6) is 5.75 Å². The fourth-order valence-electron chi connectivity index (χ4n) is 3.18. The molecule has 4 rings (SSSR count). The Labute approximate surface area is 176 Å². The average molecular weight is 423 g/mol. The Morgan fingerprint density at radius 3 is 2.37 bits per heavy atom. The van der Waals surface area contributed by atoms with E-state index in [-0.39, 0.29) is 16.8 Å². The van der Waals surface area contributed by atoms with E-state index < -0.39 is 10.0 Å². The van der Waals surface area contributed by atoms with Crippen molar-refractivity contribution in [3.8, 4) is 16.9 Å². The van der Waals surface area contributed by atoms with Crippen LogP contribution in [0.3, 0.4) is 0 Å². The van der Waals surface area contributed by atoms with E-state index in [0.717, 1.165) is 24.0 Å². The molecule has 1 fully saturated rings. The fourth-order valence-corrected chi connectivity index (χ4v) is 4.51. The molecule has 1 saturated carbocycles. The summed E-state index contributed by atoms with van der Waals surface area (Å²) in [6.07, 6.45) is 1.69. The van der Waals surface area contributed by atoms with E-state index in [4.69, 9.17) is 4.74 Å². The van der Waals surface area contributed by atoms with Crippen LogP contribution in [0.15, 0.2) is 77.7 Å². The van der Waals surface area contributed by atoms with Crippen molar-refractivity contribution < 1.29 is 17.9 Å². The highest BCUT2D eigenvalue weighted by atomic mass is 32.2. The Kier molecular flexibility index (Phi) is 5.57. The molecule has 7 heteroatoms. The van der Waals surface area contributed by atoms with E-state index in [2.05, 4.69) is 10.0 Å². The van der Waals surface area contributed by atoms with Crippen LogP contribution >= 0.6 is 0 Å². The lowest BCUT2D eigenvalue weighted by atomic mass is 9.99. The predicted octanol–water partition coefficient (Wildman–Crippen LogP) is 4.06. The highest BCUT2D eigenvalue weighted by Crippen LogP contribution is 2.31. The lowest BCUT2D eigenvalue weighted by Gasteiger charge is -2.14. The van der Waals surface area contributed by atoms with Crippen LogP contribution in [0.1, 0.15) is 23.2 Å². The summed E-state index contributed by atoms with van der Waals surface area (Å²) in [6.45, 7) is 0. The molecule has 0 unspecified atom stereocenters. The van der Waals surface area contributed by atoms with E-state index in [1.807, 2.05) is 42.5 Å². The number of hydrogen-bond acceptors (Lipinski definition) is 4. The van der Waals surface area contributed by atoms with E-state index >= 15 is 0 Å². The van der Waals surface area contributed by atoms with Gasteiger partial charge in [0.25, 0.3) is 5.91 Å². The van der Waals surface area contributed by atoms with Crippen molar-refractivity contribution in [1.29, 1.82) is 0 Å². The third-order valence-corrected chi connectivity index (χ3v) is 6.40. The van der Waals surface area contributed by atoms with Crippen molar-refractivity contribution in [2.45, 2.75) is 23.8 Å². The highest BCUT2D eigenvalue weighted by Gasteiger charge is 2.28. The van der Waals surface area contributed by atoms with Crippen molar-refractivity contribution in [2.75, 3.05) is 12.4 Å². The van der Waals surface area contributed by atoms with Crippen LogP contribution in [0.4, 0.5) is 5.69 Å². The molecule has 3 aromatic rings. The topological polar surface area (TPSA) is 84.5 Å². The zero-order chi connectivity index (χ0) is 21.1. The molecule has 6 nitrogen and oxygen atoms in total. The quantitative estimate of drug-likeness (QED) is 0.602. The zero-order valence-corrected chi connectivity index (χ0v) is 17.3. The maximum atomic E-state index is 13.1. The summed E-state index contributed by atoms with van der Waals surface area (Å²) < 4.78 is 33.1. The van der Waals surface area contributed by atoms with Crippen molar-refractivity contribution in [1.82, 2.24) is 4.72 Å². The Morgan fingerprint density at radius 2 is 1.67 bits per heavy atom. The van der Waals surface area contributed by atoms with Crippen LogP contribution in [0.25, 0.3) is 11.1 Å². The van der Waals surface area contributed by atoms with Crippen molar-refractivity contribution >= 4 is 21.6 Å². The third kappa shape index (κ3) is 4.37. The number of ether oxygens (including phenoxy) is 1. The standard InChI is InChI=1S/C23H22N2O4S/c1-29-22-14-13-18(30(27,28)25-17-11-12-17)15-21(22)24-23(26)20-10-6-5-9-19(20)16-7-3-2-4-8-16/h2-10,13-15,17,25H,11-12H2,1H3,(H,24,26). The fraction of sp³-hybridized carbons (Fsp3) is 0.174. The molecule has 3 aromatic carbocycles. The molecule has 0 aromatic heterocycles. The van der Waals surface area contributed by atoms with Crippen LogP contribution in [-0.2, 0) is 10.0 Å². The number of amides is 1. The van der Waals surface area contributed by atoms with Crippen LogP contribution < -0.4 is 14.8 Å². The Hall–Kier alpha value is -3.16. The Morgan fingerprint density at radius 1 is 0.967 bits per heavy atom. The number of carbonyl (C=O) groups excluding carboxylic acids is 1. The summed E-state index contributed by atoms with van der Waals surface area (Å²) in [4.78, 5) is 13.2. The van der Waals surface area contributed by atoms with Crippen LogP contribution in [0, 0.1) is 0 Å². The third-order valence-electron chi connectivity index (χ3n) is 4.89. The van der Waals surface area contributed by atoms with Gasteiger partial charge in [0.15, 0.2) is 0 Å².